The van der Waals surface area contributed by atoms with Crippen LogP contribution in [0.3, 0.4) is 0 Å². The van der Waals surface area contributed by atoms with Crippen LogP contribution in [0.1, 0.15) is 25.2 Å². The molecule has 4 rings (SSSR count). The molecule has 0 atom stereocenters. The molecule has 0 fully saturated rings. The van der Waals surface area contributed by atoms with Gasteiger partial charge in [-0.3, -0.25) is 13.7 Å². The Morgan fingerprint density at radius 3 is 2.61 bits per heavy atom. The van der Waals surface area contributed by atoms with Gasteiger partial charge in [0, 0.05) is 25.5 Å². The van der Waals surface area contributed by atoms with E-state index >= 15 is 0 Å². The third-order valence-electron chi connectivity index (χ3n) is 5.32. The highest BCUT2D eigenvalue weighted by Crippen LogP contribution is 2.26. The van der Waals surface area contributed by atoms with Crippen LogP contribution in [0.25, 0.3) is 22.4 Å². The summed E-state index contributed by atoms with van der Waals surface area (Å²) in [5.41, 5.74) is 5.05. The standard InChI is InChI=1S/C24H25N5O2/c1-6-9-16(3)21-17(4)29(24(30)28(21)7-2)18-11-13-19(14-12-18)31-23-26-20-10-8-15-25-22(20)27(23)5/h6,8-15H,1,7H2,2-5H3/b16-9-. The molecule has 7 nitrogen and oxygen atoms in total. The summed E-state index contributed by atoms with van der Waals surface area (Å²) in [6.45, 7) is 10.3. The van der Waals surface area contributed by atoms with Gasteiger partial charge < -0.3 is 4.74 Å². The predicted octanol–water partition coefficient (Wildman–Crippen LogP) is 4.63. The van der Waals surface area contributed by atoms with Crippen LogP contribution in [-0.4, -0.2) is 23.7 Å². The molecule has 0 N–H and O–H groups in total. The van der Waals surface area contributed by atoms with Gasteiger partial charge in [-0.05, 0) is 62.7 Å². The highest BCUT2D eigenvalue weighted by Gasteiger charge is 2.18. The molecule has 1 aromatic carbocycles. The Bertz CT molecular complexity index is 1350. The van der Waals surface area contributed by atoms with E-state index in [-0.39, 0.29) is 5.69 Å². The van der Waals surface area contributed by atoms with Gasteiger partial charge in [-0.2, -0.15) is 4.98 Å². The third-order valence-corrected chi connectivity index (χ3v) is 5.32. The number of nitrogens with zero attached hydrogens (tertiary/aromatic N) is 5. The number of benzene rings is 1. The van der Waals surface area contributed by atoms with Gasteiger partial charge in [-0.25, -0.2) is 9.78 Å². The van der Waals surface area contributed by atoms with Crippen LogP contribution in [0.2, 0.25) is 0 Å². The molecule has 158 valence electrons. The maximum absolute atomic E-state index is 13.1. The average molecular weight is 415 g/mol. The van der Waals surface area contributed by atoms with E-state index < -0.39 is 0 Å². The number of hydrogen-bond acceptors (Lipinski definition) is 4. The molecule has 0 aliphatic carbocycles. The fourth-order valence-electron chi connectivity index (χ4n) is 3.88. The van der Waals surface area contributed by atoms with Gasteiger partial charge in [-0.1, -0.05) is 18.7 Å². The van der Waals surface area contributed by atoms with E-state index in [1.54, 1.807) is 26.0 Å². The number of fused-ring (bicyclic) bond motifs is 1. The third kappa shape index (κ3) is 3.48. The van der Waals surface area contributed by atoms with Crippen molar-refractivity contribution in [3.63, 3.8) is 0 Å². The smallest absolute Gasteiger partial charge is 0.333 e. The molecular weight excluding hydrogens is 390 g/mol. The molecule has 0 saturated carbocycles. The number of aryl methyl sites for hydroxylation is 1. The Kier molecular flexibility index (Phi) is 5.33. The van der Waals surface area contributed by atoms with Crippen LogP contribution in [0.4, 0.5) is 0 Å². The molecule has 0 spiro atoms. The van der Waals surface area contributed by atoms with Gasteiger partial charge in [0.05, 0.1) is 11.4 Å². The lowest BCUT2D eigenvalue weighted by atomic mass is 10.1. The van der Waals surface area contributed by atoms with Gasteiger partial charge in [-0.15, -0.1) is 0 Å². The number of imidazole rings is 2. The van der Waals surface area contributed by atoms with Crippen LogP contribution >= 0.6 is 0 Å². The molecule has 0 aliphatic rings. The van der Waals surface area contributed by atoms with Gasteiger partial charge >= 0.3 is 11.7 Å². The lowest BCUT2D eigenvalue weighted by Crippen LogP contribution is -2.23. The van der Waals surface area contributed by atoms with Crippen molar-refractivity contribution < 1.29 is 4.74 Å². The Hall–Kier alpha value is -3.87. The summed E-state index contributed by atoms with van der Waals surface area (Å²) in [6.07, 6.45) is 5.38. The average Bonchev–Trinajstić information content (AvgIpc) is 3.22. The van der Waals surface area contributed by atoms with Gasteiger partial charge in [0.25, 0.3) is 0 Å². The van der Waals surface area contributed by atoms with Crippen molar-refractivity contribution in [3.8, 4) is 17.4 Å². The van der Waals surface area contributed by atoms with E-state index in [9.17, 15) is 4.79 Å². The topological polar surface area (TPSA) is 66.9 Å². The molecule has 0 radical (unpaired) electrons. The quantitative estimate of drug-likeness (QED) is 0.431. The molecule has 0 amide bonds. The van der Waals surface area contributed by atoms with Crippen molar-refractivity contribution >= 4 is 16.7 Å². The van der Waals surface area contributed by atoms with E-state index in [0.29, 0.717) is 18.3 Å². The largest absolute Gasteiger partial charge is 0.425 e. The van der Waals surface area contributed by atoms with Crippen LogP contribution in [0.15, 0.2) is 66.1 Å². The van der Waals surface area contributed by atoms with E-state index in [0.717, 1.165) is 33.8 Å². The monoisotopic (exact) mass is 415 g/mol. The van der Waals surface area contributed by atoms with Gasteiger partial charge in [0.1, 0.15) is 11.3 Å². The van der Waals surface area contributed by atoms with Crippen LogP contribution < -0.4 is 10.4 Å². The first-order valence-corrected chi connectivity index (χ1v) is 10.1. The van der Waals surface area contributed by atoms with E-state index in [4.69, 9.17) is 4.74 Å². The fraction of sp³-hybridized carbons (Fsp3) is 0.208. The Morgan fingerprint density at radius 2 is 1.97 bits per heavy atom. The second kappa shape index (κ2) is 8.10. The molecule has 0 unspecified atom stereocenters. The highest BCUT2D eigenvalue weighted by atomic mass is 16.5. The Labute approximate surface area is 180 Å². The fourth-order valence-corrected chi connectivity index (χ4v) is 3.88. The Balaban J connectivity index is 1.70. The predicted molar refractivity (Wildman–Crippen MR) is 123 cm³/mol. The van der Waals surface area contributed by atoms with Crippen molar-refractivity contribution in [3.05, 3.63) is 83.2 Å². The van der Waals surface area contributed by atoms with Crippen molar-refractivity contribution in [2.75, 3.05) is 0 Å². The molecule has 0 saturated heterocycles. The second-order valence-electron chi connectivity index (χ2n) is 7.28. The lowest BCUT2D eigenvalue weighted by Gasteiger charge is -2.08. The molecule has 31 heavy (non-hydrogen) atoms. The van der Waals surface area contributed by atoms with Crippen LogP contribution in [0, 0.1) is 6.92 Å². The molecule has 0 aliphatic heterocycles. The van der Waals surface area contributed by atoms with Crippen LogP contribution in [0.5, 0.6) is 11.8 Å². The van der Waals surface area contributed by atoms with E-state index in [2.05, 4.69) is 16.5 Å². The maximum Gasteiger partial charge on any atom is 0.333 e. The van der Waals surface area contributed by atoms with Gasteiger partial charge in [0.2, 0.25) is 0 Å². The van der Waals surface area contributed by atoms with Crippen molar-refractivity contribution in [2.45, 2.75) is 27.3 Å². The highest BCUT2D eigenvalue weighted by molar-refractivity contribution is 5.72. The summed E-state index contributed by atoms with van der Waals surface area (Å²) in [5.74, 6) is 0.630. The summed E-state index contributed by atoms with van der Waals surface area (Å²) in [4.78, 5) is 21.9. The molecule has 3 aromatic heterocycles. The maximum atomic E-state index is 13.1. The van der Waals surface area contributed by atoms with Crippen molar-refractivity contribution in [1.29, 1.82) is 0 Å². The first-order chi connectivity index (χ1) is 15.0. The molecular formula is C24H25N5O2. The van der Waals surface area contributed by atoms with Crippen LogP contribution in [-0.2, 0) is 13.6 Å². The molecule has 0 bridgehead atoms. The van der Waals surface area contributed by atoms with E-state index in [1.165, 1.54) is 0 Å². The minimum Gasteiger partial charge on any atom is -0.425 e. The number of allylic oxidation sites excluding steroid dienone is 3. The first-order valence-electron chi connectivity index (χ1n) is 10.1. The number of hydrogen-bond donors (Lipinski definition) is 0. The minimum absolute atomic E-state index is 0.0677. The zero-order valence-corrected chi connectivity index (χ0v) is 18.2. The number of rotatable bonds is 6. The first kappa shape index (κ1) is 20.4. The van der Waals surface area contributed by atoms with Gasteiger partial charge in [0.15, 0.2) is 5.65 Å². The second-order valence-corrected chi connectivity index (χ2v) is 7.28. The normalized spacial score (nSPS) is 11.8. The SMILES string of the molecule is C=C/C=C(/C)c1c(C)n(-c2ccc(Oc3nc4cccnc4n3C)cc2)c(=O)n1CC. The summed E-state index contributed by atoms with van der Waals surface area (Å²) >= 11 is 0. The molecule has 4 aromatic rings. The number of aromatic nitrogens is 5. The van der Waals surface area contributed by atoms with Crippen molar-refractivity contribution in [2.24, 2.45) is 7.05 Å². The molecule has 3 heterocycles. The Morgan fingerprint density at radius 1 is 1.23 bits per heavy atom. The minimum atomic E-state index is -0.0677. The number of pyridine rings is 1. The number of ether oxygens (including phenoxy) is 1. The summed E-state index contributed by atoms with van der Waals surface area (Å²) in [7, 11) is 1.86. The zero-order chi connectivity index (χ0) is 22.1. The summed E-state index contributed by atoms with van der Waals surface area (Å²) < 4.78 is 11.3. The molecule has 7 heteroatoms. The zero-order valence-electron chi connectivity index (χ0n) is 18.2. The van der Waals surface area contributed by atoms with Crippen molar-refractivity contribution in [1.82, 2.24) is 23.7 Å². The summed E-state index contributed by atoms with van der Waals surface area (Å²) in [5, 5.41) is 0. The van der Waals surface area contributed by atoms with E-state index in [1.807, 2.05) is 70.3 Å². The lowest BCUT2D eigenvalue weighted by molar-refractivity contribution is 0.427. The summed E-state index contributed by atoms with van der Waals surface area (Å²) in [6, 6.07) is 11.6.